The number of hydrogen-bond donors (Lipinski definition) is 0. The Kier molecular flexibility index (Phi) is 1.67. The second kappa shape index (κ2) is 2.48. The van der Waals surface area contributed by atoms with Gasteiger partial charge in [0.2, 0.25) is 0 Å². The van der Waals surface area contributed by atoms with Crippen LogP contribution < -0.4 is 5.23 Å². The third kappa shape index (κ3) is 1.42. The molecule has 0 amide bonds. The van der Waals surface area contributed by atoms with E-state index >= 15 is 0 Å². The molecule has 0 saturated carbocycles. The molecule has 0 spiro atoms. The first kappa shape index (κ1) is 6.07. The van der Waals surface area contributed by atoms with Gasteiger partial charge in [-0.25, -0.2) is 0 Å². The third-order valence-corrected chi connectivity index (χ3v) is 0.967. The maximum absolute atomic E-state index is 10.0. The molecule has 0 aliphatic rings. The first-order valence-corrected chi connectivity index (χ1v) is 2.50. The summed E-state index contributed by atoms with van der Waals surface area (Å²) in [6.07, 6.45) is 0. The van der Waals surface area contributed by atoms with Crippen molar-refractivity contribution in [1.29, 1.82) is 0 Å². The summed E-state index contributed by atoms with van der Waals surface area (Å²) in [6.45, 7) is 0. The molecule has 0 fully saturated rings. The van der Waals surface area contributed by atoms with Crippen LogP contribution in [0.2, 0.25) is 0 Å². The molecule has 1 radical (unpaired) electrons. The van der Waals surface area contributed by atoms with Crippen molar-refractivity contribution in [3.8, 4) is 0 Å². The van der Waals surface area contributed by atoms with Crippen LogP contribution in [0.1, 0.15) is 0 Å². The molecular formula is C6H5NO2-. The lowest BCUT2D eigenvalue weighted by Gasteiger charge is -2.17. The topological polar surface area (TPSA) is 46.2 Å². The molecule has 3 heteroatoms. The lowest BCUT2D eigenvalue weighted by molar-refractivity contribution is 0.192. The van der Waals surface area contributed by atoms with Crippen LogP contribution in [-0.2, 0) is 5.21 Å². The van der Waals surface area contributed by atoms with Crippen LogP contribution in [0, 0.1) is 5.21 Å². The smallest absolute Gasteiger partial charge is 0.0542 e. The molecule has 0 saturated heterocycles. The quantitative estimate of drug-likeness (QED) is 0.529. The van der Waals surface area contributed by atoms with E-state index in [1.165, 1.54) is 12.1 Å². The fourth-order valence-corrected chi connectivity index (χ4v) is 0.550. The number of para-hydroxylation sites is 1. The third-order valence-electron chi connectivity index (χ3n) is 0.967. The fourth-order valence-electron chi connectivity index (χ4n) is 0.550. The Labute approximate surface area is 52.7 Å². The van der Waals surface area contributed by atoms with Crippen LogP contribution in [0.3, 0.4) is 0 Å². The summed E-state index contributed by atoms with van der Waals surface area (Å²) in [4.78, 5) is 0. The van der Waals surface area contributed by atoms with Gasteiger partial charge in [-0.1, -0.05) is 23.4 Å². The summed E-state index contributed by atoms with van der Waals surface area (Å²) < 4.78 is 0. The molecule has 1 aromatic carbocycles. The van der Waals surface area contributed by atoms with Gasteiger partial charge in [0.25, 0.3) is 0 Å². The standard InChI is InChI=1S/C6H5NO2/c8-7(9)6-4-2-1-3-5-6/h1-5H/q-1. The van der Waals surface area contributed by atoms with Gasteiger partial charge in [-0.15, -0.1) is 0 Å². The molecule has 9 heavy (non-hydrogen) atoms. The molecule has 0 N–H and O–H groups in total. The van der Waals surface area contributed by atoms with E-state index < -0.39 is 5.23 Å². The molecule has 47 valence electrons. The van der Waals surface area contributed by atoms with Crippen LogP contribution in [0.4, 0.5) is 5.69 Å². The van der Waals surface area contributed by atoms with Gasteiger partial charge in [-0.05, 0) is 12.1 Å². The Hall–Kier alpha value is -1.06. The number of rotatable bonds is 1. The van der Waals surface area contributed by atoms with E-state index in [0.717, 1.165) is 0 Å². The SMILES string of the molecule is [O]N([O-])c1ccccc1. The average Bonchev–Trinajstić information content (AvgIpc) is 1.90. The van der Waals surface area contributed by atoms with Crippen LogP contribution in [0.25, 0.3) is 0 Å². The van der Waals surface area contributed by atoms with E-state index in [-0.39, 0.29) is 5.69 Å². The molecule has 3 nitrogen and oxygen atoms in total. The molecule has 1 aromatic rings. The van der Waals surface area contributed by atoms with Crippen molar-refractivity contribution >= 4 is 5.69 Å². The maximum atomic E-state index is 10.0. The molecule has 0 aliphatic heterocycles. The fraction of sp³-hybridized carbons (Fsp3) is 0. The monoisotopic (exact) mass is 123 g/mol. The summed E-state index contributed by atoms with van der Waals surface area (Å²) >= 11 is 0. The largest absolute Gasteiger partial charge is 0.731 e. The van der Waals surface area contributed by atoms with Crippen molar-refractivity contribution in [3.63, 3.8) is 0 Å². The summed E-state index contributed by atoms with van der Waals surface area (Å²) in [5, 5.41) is 19.6. The number of nitrogens with zero attached hydrogens (tertiary/aromatic N) is 1. The Morgan fingerprint density at radius 2 is 1.78 bits per heavy atom. The molecule has 0 bridgehead atoms. The highest BCUT2D eigenvalue weighted by atomic mass is 16.8. The normalized spacial score (nSPS) is 9.11. The van der Waals surface area contributed by atoms with Gasteiger partial charge in [0, 0.05) is 0 Å². The highest BCUT2D eigenvalue weighted by molar-refractivity contribution is 5.43. The van der Waals surface area contributed by atoms with Crippen molar-refractivity contribution in [1.82, 2.24) is 0 Å². The zero-order chi connectivity index (χ0) is 6.69. The molecule has 0 aromatic heterocycles. The molecule has 0 heterocycles. The van der Waals surface area contributed by atoms with Crippen LogP contribution >= 0.6 is 0 Å². The van der Waals surface area contributed by atoms with Crippen molar-refractivity contribution in [2.24, 2.45) is 0 Å². The first-order valence-electron chi connectivity index (χ1n) is 2.50. The van der Waals surface area contributed by atoms with Gasteiger partial charge in [-0.3, -0.25) is 5.23 Å². The number of hydrogen-bond acceptors (Lipinski definition) is 2. The van der Waals surface area contributed by atoms with Crippen molar-refractivity contribution in [2.75, 3.05) is 5.23 Å². The summed E-state index contributed by atoms with van der Waals surface area (Å²) in [5.74, 6) is 0. The highest BCUT2D eigenvalue weighted by Crippen LogP contribution is 2.08. The van der Waals surface area contributed by atoms with Gasteiger partial charge < -0.3 is 5.21 Å². The maximum Gasteiger partial charge on any atom is 0.0542 e. The minimum atomic E-state index is -0.417. The Morgan fingerprint density at radius 1 is 1.22 bits per heavy atom. The van der Waals surface area contributed by atoms with Gasteiger partial charge in [0.15, 0.2) is 0 Å². The van der Waals surface area contributed by atoms with Crippen molar-refractivity contribution in [2.45, 2.75) is 0 Å². The predicted octanol–water partition coefficient (Wildman–Crippen LogP) is 1.34. The van der Waals surface area contributed by atoms with Gasteiger partial charge in [0.1, 0.15) is 0 Å². The Balaban J connectivity index is 2.85. The van der Waals surface area contributed by atoms with E-state index in [4.69, 9.17) is 0 Å². The lowest BCUT2D eigenvalue weighted by Crippen LogP contribution is -2.03. The average molecular weight is 123 g/mol. The predicted molar refractivity (Wildman–Crippen MR) is 33.0 cm³/mol. The van der Waals surface area contributed by atoms with Gasteiger partial charge in [0.05, 0.1) is 5.69 Å². The molecule has 1 rings (SSSR count). The number of anilines is 1. The highest BCUT2D eigenvalue weighted by Gasteiger charge is 1.86. The van der Waals surface area contributed by atoms with Gasteiger partial charge >= 0.3 is 0 Å². The molecule has 0 atom stereocenters. The van der Waals surface area contributed by atoms with E-state index in [9.17, 15) is 10.4 Å². The van der Waals surface area contributed by atoms with Gasteiger partial charge in [-0.2, -0.15) is 0 Å². The second-order valence-electron chi connectivity index (χ2n) is 1.59. The van der Waals surface area contributed by atoms with E-state index in [1.54, 1.807) is 18.2 Å². The Bertz CT molecular complexity index is 174. The summed E-state index contributed by atoms with van der Waals surface area (Å²) in [7, 11) is 0. The van der Waals surface area contributed by atoms with Crippen LogP contribution in [-0.4, -0.2) is 0 Å². The van der Waals surface area contributed by atoms with E-state index in [1.807, 2.05) is 0 Å². The zero-order valence-electron chi connectivity index (χ0n) is 4.65. The summed E-state index contributed by atoms with van der Waals surface area (Å²) in [5.41, 5.74) is 0.137. The first-order chi connectivity index (χ1) is 4.30. The van der Waals surface area contributed by atoms with E-state index in [2.05, 4.69) is 0 Å². The van der Waals surface area contributed by atoms with E-state index in [0.29, 0.717) is 0 Å². The molecule has 0 unspecified atom stereocenters. The molecular weight excluding hydrogens is 118 g/mol. The lowest BCUT2D eigenvalue weighted by atomic mass is 10.3. The van der Waals surface area contributed by atoms with Crippen molar-refractivity contribution in [3.05, 3.63) is 35.5 Å². The van der Waals surface area contributed by atoms with Crippen LogP contribution in [0.5, 0.6) is 0 Å². The number of benzene rings is 1. The zero-order valence-corrected chi connectivity index (χ0v) is 4.65. The van der Waals surface area contributed by atoms with Crippen LogP contribution in [0.15, 0.2) is 30.3 Å². The van der Waals surface area contributed by atoms with Crippen molar-refractivity contribution < 1.29 is 5.21 Å². The molecule has 0 aliphatic carbocycles. The minimum absolute atomic E-state index is 0.137. The second-order valence-corrected chi connectivity index (χ2v) is 1.59. The summed E-state index contributed by atoms with van der Waals surface area (Å²) in [6, 6.07) is 7.93. The Morgan fingerprint density at radius 3 is 2.11 bits per heavy atom. The minimum Gasteiger partial charge on any atom is -0.731 e.